The van der Waals surface area contributed by atoms with Crippen molar-refractivity contribution in [1.29, 1.82) is 0 Å². The Morgan fingerprint density at radius 2 is 2.05 bits per heavy atom. The van der Waals surface area contributed by atoms with Crippen LogP contribution in [0.3, 0.4) is 0 Å². The van der Waals surface area contributed by atoms with Gasteiger partial charge in [0.2, 0.25) is 5.91 Å². The van der Waals surface area contributed by atoms with Gasteiger partial charge in [0.05, 0.1) is 5.69 Å². The number of aryl methyl sites for hydroxylation is 2. The first-order valence-electron chi connectivity index (χ1n) is 7.33. The first kappa shape index (κ1) is 15.5. The number of amides is 1. The number of nitrogens with one attached hydrogen (secondary N) is 1. The zero-order valence-corrected chi connectivity index (χ0v) is 13.0. The van der Waals surface area contributed by atoms with Crippen LogP contribution >= 0.6 is 0 Å². The van der Waals surface area contributed by atoms with Gasteiger partial charge in [0.1, 0.15) is 6.04 Å². The minimum atomic E-state index is -0.938. The molecule has 2 N–H and O–H groups in total. The first-order valence-corrected chi connectivity index (χ1v) is 7.33. The van der Waals surface area contributed by atoms with Crippen molar-refractivity contribution in [3.63, 3.8) is 0 Å². The number of aliphatic carboxylic acids is 1. The molecule has 116 valence electrons. The predicted octanol–water partition coefficient (Wildman–Crippen LogP) is 1.19. The summed E-state index contributed by atoms with van der Waals surface area (Å²) in [5, 5.41) is 16.2. The molecule has 6 heteroatoms. The fraction of sp³-hybridized carbons (Fsp3) is 0.667. The highest BCUT2D eigenvalue weighted by Gasteiger charge is 2.37. The van der Waals surface area contributed by atoms with Gasteiger partial charge < -0.3 is 10.4 Å². The minimum Gasteiger partial charge on any atom is -0.480 e. The number of nitrogens with zero attached hydrogens (tertiary/aromatic N) is 2. The molecule has 1 aliphatic carbocycles. The molecule has 1 aromatic heterocycles. The molecule has 1 aliphatic rings. The second-order valence-corrected chi connectivity index (χ2v) is 6.04. The maximum Gasteiger partial charge on any atom is 0.326 e. The Balaban J connectivity index is 2.00. The smallest absolute Gasteiger partial charge is 0.326 e. The minimum absolute atomic E-state index is 0.0977. The van der Waals surface area contributed by atoms with E-state index < -0.39 is 12.0 Å². The molecule has 21 heavy (non-hydrogen) atoms. The lowest BCUT2D eigenvalue weighted by molar-refractivity contribution is -0.143. The largest absolute Gasteiger partial charge is 0.480 e. The van der Waals surface area contributed by atoms with Crippen LogP contribution in [-0.4, -0.2) is 32.8 Å². The van der Waals surface area contributed by atoms with Crippen LogP contribution in [0.1, 0.15) is 36.7 Å². The summed E-state index contributed by atoms with van der Waals surface area (Å²) in [6, 6.07) is -0.740. The Morgan fingerprint density at radius 1 is 1.43 bits per heavy atom. The van der Waals surface area contributed by atoms with Crippen LogP contribution in [0.15, 0.2) is 0 Å². The van der Waals surface area contributed by atoms with Crippen molar-refractivity contribution in [2.24, 2.45) is 18.9 Å². The molecule has 0 aromatic carbocycles. The average Bonchev–Trinajstić information content (AvgIpc) is 3.20. The molecule has 1 amide bonds. The molecular weight excluding hydrogens is 270 g/mol. The SMILES string of the molecule is Cc1nn(C)c(C)c1CC(C)C(=O)NC(C(=O)O)C1CC1. The molecule has 1 fully saturated rings. The van der Waals surface area contributed by atoms with Crippen molar-refractivity contribution in [1.82, 2.24) is 15.1 Å². The standard InChI is InChI=1S/C15H23N3O3/c1-8(7-12-9(2)17-18(4)10(12)3)14(19)16-13(15(20)21)11-5-6-11/h8,11,13H,5-7H2,1-4H3,(H,16,19)(H,20,21). The van der Waals surface area contributed by atoms with Crippen LogP contribution in [0, 0.1) is 25.7 Å². The molecule has 0 bridgehead atoms. The molecule has 2 rings (SSSR count). The van der Waals surface area contributed by atoms with E-state index in [0.29, 0.717) is 6.42 Å². The number of hydrogen-bond donors (Lipinski definition) is 2. The summed E-state index contributed by atoms with van der Waals surface area (Å²) in [4.78, 5) is 23.4. The van der Waals surface area contributed by atoms with Gasteiger partial charge in [0.15, 0.2) is 0 Å². The summed E-state index contributed by atoms with van der Waals surface area (Å²) in [6.07, 6.45) is 2.34. The lowest BCUT2D eigenvalue weighted by Crippen LogP contribution is -2.44. The zero-order valence-electron chi connectivity index (χ0n) is 13.0. The first-order chi connectivity index (χ1) is 9.81. The van der Waals surface area contributed by atoms with Gasteiger partial charge in [-0.25, -0.2) is 4.79 Å². The summed E-state index contributed by atoms with van der Waals surface area (Å²) in [5.74, 6) is -1.31. The van der Waals surface area contributed by atoms with Crippen molar-refractivity contribution >= 4 is 11.9 Å². The second kappa shape index (κ2) is 5.87. The number of hydrogen-bond acceptors (Lipinski definition) is 3. The molecule has 0 saturated heterocycles. The van der Waals surface area contributed by atoms with E-state index in [1.165, 1.54) is 0 Å². The van der Waals surface area contributed by atoms with Crippen molar-refractivity contribution in [2.75, 3.05) is 0 Å². The molecule has 0 aliphatic heterocycles. The number of carboxylic acids is 1. The normalized spacial score (nSPS) is 17.3. The van der Waals surface area contributed by atoms with Crippen LogP contribution in [-0.2, 0) is 23.1 Å². The summed E-state index contributed by atoms with van der Waals surface area (Å²) >= 11 is 0. The molecule has 6 nitrogen and oxygen atoms in total. The average molecular weight is 293 g/mol. The molecule has 1 saturated carbocycles. The third-order valence-electron chi connectivity index (χ3n) is 4.27. The lowest BCUT2D eigenvalue weighted by Gasteiger charge is -2.17. The van der Waals surface area contributed by atoms with E-state index in [9.17, 15) is 9.59 Å². The topological polar surface area (TPSA) is 84.2 Å². The third kappa shape index (κ3) is 3.43. The second-order valence-electron chi connectivity index (χ2n) is 6.04. The van der Waals surface area contributed by atoms with E-state index in [0.717, 1.165) is 29.8 Å². The van der Waals surface area contributed by atoms with Crippen LogP contribution in [0.2, 0.25) is 0 Å². The van der Waals surface area contributed by atoms with Crippen molar-refractivity contribution in [3.8, 4) is 0 Å². The summed E-state index contributed by atoms with van der Waals surface area (Å²) in [5.41, 5.74) is 3.04. The zero-order chi connectivity index (χ0) is 15.7. The number of aromatic nitrogens is 2. The Labute approximate surface area is 124 Å². The van der Waals surface area contributed by atoms with Crippen LogP contribution in [0.5, 0.6) is 0 Å². The Morgan fingerprint density at radius 3 is 2.48 bits per heavy atom. The number of carbonyl (C=O) groups excluding carboxylic acids is 1. The van der Waals surface area contributed by atoms with E-state index in [2.05, 4.69) is 10.4 Å². The van der Waals surface area contributed by atoms with E-state index in [1.807, 2.05) is 27.8 Å². The highest BCUT2D eigenvalue weighted by molar-refractivity contribution is 5.85. The van der Waals surface area contributed by atoms with Gasteiger partial charge in [0, 0.05) is 18.7 Å². The van der Waals surface area contributed by atoms with Gasteiger partial charge in [-0.05, 0) is 44.6 Å². The van der Waals surface area contributed by atoms with Crippen molar-refractivity contribution in [3.05, 3.63) is 17.0 Å². The number of carboxylic acid groups (broad SMARTS) is 1. The van der Waals surface area contributed by atoms with E-state index in [1.54, 1.807) is 4.68 Å². The van der Waals surface area contributed by atoms with E-state index in [-0.39, 0.29) is 17.7 Å². The molecule has 1 aromatic rings. The fourth-order valence-corrected chi connectivity index (χ4v) is 2.62. The van der Waals surface area contributed by atoms with Gasteiger partial charge in [-0.2, -0.15) is 5.10 Å². The highest BCUT2D eigenvalue weighted by atomic mass is 16.4. The van der Waals surface area contributed by atoms with Crippen molar-refractivity contribution in [2.45, 2.75) is 46.1 Å². The van der Waals surface area contributed by atoms with E-state index in [4.69, 9.17) is 5.11 Å². The summed E-state index contributed by atoms with van der Waals surface area (Å²) < 4.78 is 1.81. The number of rotatable bonds is 6. The number of carbonyl (C=O) groups is 2. The van der Waals surface area contributed by atoms with Gasteiger partial charge in [-0.1, -0.05) is 6.92 Å². The Hall–Kier alpha value is -1.85. The van der Waals surface area contributed by atoms with Crippen LogP contribution < -0.4 is 5.32 Å². The monoisotopic (exact) mass is 293 g/mol. The molecule has 2 atom stereocenters. The Kier molecular flexibility index (Phi) is 4.34. The molecular formula is C15H23N3O3. The van der Waals surface area contributed by atoms with Gasteiger partial charge in [0.25, 0.3) is 0 Å². The van der Waals surface area contributed by atoms with Gasteiger partial charge in [-0.3, -0.25) is 9.48 Å². The maximum absolute atomic E-state index is 12.2. The highest BCUT2D eigenvalue weighted by Crippen LogP contribution is 2.33. The van der Waals surface area contributed by atoms with Gasteiger partial charge in [-0.15, -0.1) is 0 Å². The summed E-state index contributed by atoms with van der Waals surface area (Å²) in [7, 11) is 1.88. The van der Waals surface area contributed by atoms with E-state index >= 15 is 0 Å². The molecule has 0 spiro atoms. The summed E-state index contributed by atoms with van der Waals surface area (Å²) in [6.45, 7) is 5.73. The van der Waals surface area contributed by atoms with Crippen LogP contribution in [0.4, 0.5) is 0 Å². The van der Waals surface area contributed by atoms with Crippen molar-refractivity contribution < 1.29 is 14.7 Å². The fourth-order valence-electron chi connectivity index (χ4n) is 2.62. The van der Waals surface area contributed by atoms with Crippen LogP contribution in [0.25, 0.3) is 0 Å². The lowest BCUT2D eigenvalue weighted by atomic mass is 9.98. The van der Waals surface area contributed by atoms with Gasteiger partial charge >= 0.3 is 5.97 Å². The maximum atomic E-state index is 12.2. The molecule has 1 heterocycles. The molecule has 2 unspecified atom stereocenters. The Bertz CT molecular complexity index is 561. The quantitative estimate of drug-likeness (QED) is 0.825. The molecule has 0 radical (unpaired) electrons. The predicted molar refractivity (Wildman–Crippen MR) is 77.8 cm³/mol. The third-order valence-corrected chi connectivity index (χ3v) is 4.27.